The molecule has 1 aromatic carbocycles. The van der Waals surface area contributed by atoms with E-state index >= 15 is 0 Å². The summed E-state index contributed by atoms with van der Waals surface area (Å²) in [6.07, 6.45) is 0.220. The molecule has 4 heteroatoms. The van der Waals surface area contributed by atoms with Crippen LogP contribution in [-0.4, -0.2) is 22.8 Å². The topological polar surface area (TPSA) is 49.3 Å². The van der Waals surface area contributed by atoms with E-state index in [1.165, 1.54) is 11.8 Å². The minimum atomic E-state index is -0.457. The fourth-order valence-corrected chi connectivity index (χ4v) is 2.53. The highest BCUT2D eigenvalue weighted by Gasteiger charge is 2.12. The van der Waals surface area contributed by atoms with E-state index in [1.807, 2.05) is 45.0 Å². The van der Waals surface area contributed by atoms with Gasteiger partial charge in [-0.25, -0.2) is 0 Å². The second kappa shape index (κ2) is 7.44. The zero-order valence-corrected chi connectivity index (χ0v) is 12.0. The second-order valence-electron chi connectivity index (χ2n) is 4.47. The van der Waals surface area contributed by atoms with Gasteiger partial charge in [0.15, 0.2) is 0 Å². The number of aliphatic hydroxyl groups is 1. The van der Waals surface area contributed by atoms with E-state index in [0.29, 0.717) is 12.2 Å². The Morgan fingerprint density at radius 2 is 2.06 bits per heavy atom. The molecule has 0 radical (unpaired) electrons. The van der Waals surface area contributed by atoms with Crippen LogP contribution in [0.15, 0.2) is 29.2 Å². The van der Waals surface area contributed by atoms with Crippen molar-refractivity contribution in [2.24, 2.45) is 0 Å². The predicted molar refractivity (Wildman–Crippen MR) is 75.7 cm³/mol. The number of rotatable bonds is 6. The van der Waals surface area contributed by atoms with Crippen molar-refractivity contribution in [2.45, 2.75) is 44.2 Å². The Hall–Kier alpha value is -1.00. The number of aliphatic hydroxyl groups excluding tert-OH is 1. The number of thioether (sulfide) groups is 1. The van der Waals surface area contributed by atoms with Gasteiger partial charge in [-0.3, -0.25) is 4.79 Å². The third kappa shape index (κ3) is 4.70. The molecule has 0 aliphatic rings. The zero-order valence-electron chi connectivity index (χ0n) is 11.1. The molecule has 0 aliphatic heterocycles. The minimum absolute atomic E-state index is 0.0239. The molecular weight excluding hydrogens is 246 g/mol. The van der Waals surface area contributed by atoms with Crippen LogP contribution in [0, 0.1) is 0 Å². The van der Waals surface area contributed by atoms with Gasteiger partial charge in [0.1, 0.15) is 0 Å². The Balaban J connectivity index is 2.64. The molecule has 1 atom stereocenters. The number of amides is 1. The van der Waals surface area contributed by atoms with Crippen LogP contribution < -0.4 is 5.32 Å². The lowest BCUT2D eigenvalue weighted by Crippen LogP contribution is -2.31. The van der Waals surface area contributed by atoms with Gasteiger partial charge in [0.05, 0.1) is 11.9 Å². The Bertz CT molecular complexity index is 393. The van der Waals surface area contributed by atoms with Gasteiger partial charge in [-0.1, -0.05) is 25.1 Å². The fourth-order valence-electron chi connectivity index (χ4n) is 1.61. The van der Waals surface area contributed by atoms with Gasteiger partial charge in [-0.2, -0.15) is 0 Å². The summed E-state index contributed by atoms with van der Waals surface area (Å²) in [6, 6.07) is 7.86. The average Bonchev–Trinajstić information content (AvgIpc) is 2.35. The van der Waals surface area contributed by atoms with E-state index in [4.69, 9.17) is 0 Å². The van der Waals surface area contributed by atoms with Gasteiger partial charge >= 0.3 is 0 Å². The van der Waals surface area contributed by atoms with E-state index in [2.05, 4.69) is 5.32 Å². The number of benzene rings is 1. The standard InChI is InChI=1S/C14H21NO2S/c1-4-12(16)11-7-5-6-8-13(11)18-9-14(17)15-10(2)3/h5-8,10,12,16H,4,9H2,1-3H3,(H,15,17)/t12-/m0/s1. The van der Waals surface area contributed by atoms with Crippen molar-refractivity contribution in [1.82, 2.24) is 5.32 Å². The smallest absolute Gasteiger partial charge is 0.230 e. The van der Waals surface area contributed by atoms with Crippen LogP contribution in [0.4, 0.5) is 0 Å². The summed E-state index contributed by atoms with van der Waals surface area (Å²) < 4.78 is 0. The average molecular weight is 267 g/mol. The number of hydrogen-bond acceptors (Lipinski definition) is 3. The molecule has 0 saturated carbocycles. The summed E-state index contributed by atoms with van der Waals surface area (Å²) in [6.45, 7) is 5.83. The van der Waals surface area contributed by atoms with Crippen molar-refractivity contribution in [3.63, 3.8) is 0 Å². The van der Waals surface area contributed by atoms with E-state index in [-0.39, 0.29) is 11.9 Å². The van der Waals surface area contributed by atoms with E-state index in [1.54, 1.807) is 0 Å². The Morgan fingerprint density at radius 1 is 1.39 bits per heavy atom. The number of carbonyl (C=O) groups is 1. The molecule has 0 unspecified atom stereocenters. The van der Waals surface area contributed by atoms with Gasteiger partial charge in [-0.15, -0.1) is 11.8 Å². The third-order valence-corrected chi connectivity index (χ3v) is 3.56. The highest BCUT2D eigenvalue weighted by molar-refractivity contribution is 8.00. The number of carbonyl (C=O) groups excluding carboxylic acids is 1. The van der Waals surface area contributed by atoms with E-state index in [0.717, 1.165) is 10.5 Å². The molecule has 3 nitrogen and oxygen atoms in total. The lowest BCUT2D eigenvalue weighted by molar-refractivity contribution is -0.119. The summed E-state index contributed by atoms with van der Waals surface area (Å²) in [7, 11) is 0. The second-order valence-corrected chi connectivity index (χ2v) is 5.49. The number of nitrogens with one attached hydrogen (secondary N) is 1. The lowest BCUT2D eigenvalue weighted by Gasteiger charge is -2.14. The van der Waals surface area contributed by atoms with Crippen LogP contribution in [0.2, 0.25) is 0 Å². The van der Waals surface area contributed by atoms with Crippen molar-refractivity contribution in [3.8, 4) is 0 Å². The molecule has 0 fully saturated rings. The maximum Gasteiger partial charge on any atom is 0.230 e. The molecular formula is C14H21NO2S. The molecule has 100 valence electrons. The molecule has 1 aromatic rings. The molecule has 0 saturated heterocycles. The van der Waals surface area contributed by atoms with Gasteiger partial charge in [-0.05, 0) is 31.9 Å². The van der Waals surface area contributed by atoms with Gasteiger partial charge in [0.25, 0.3) is 0 Å². The minimum Gasteiger partial charge on any atom is -0.388 e. The monoisotopic (exact) mass is 267 g/mol. The highest BCUT2D eigenvalue weighted by atomic mass is 32.2. The first-order valence-corrected chi connectivity index (χ1v) is 7.22. The first-order valence-electron chi connectivity index (χ1n) is 6.23. The summed E-state index contributed by atoms with van der Waals surface area (Å²) in [5.41, 5.74) is 0.905. The lowest BCUT2D eigenvalue weighted by atomic mass is 10.1. The van der Waals surface area contributed by atoms with Gasteiger partial charge in [0.2, 0.25) is 5.91 Å². The van der Waals surface area contributed by atoms with Crippen LogP contribution in [0.3, 0.4) is 0 Å². The third-order valence-electron chi connectivity index (χ3n) is 2.47. The van der Waals surface area contributed by atoms with E-state index in [9.17, 15) is 9.90 Å². The highest BCUT2D eigenvalue weighted by Crippen LogP contribution is 2.28. The summed E-state index contributed by atoms with van der Waals surface area (Å²) in [4.78, 5) is 12.6. The quantitative estimate of drug-likeness (QED) is 0.779. The van der Waals surface area contributed by atoms with Gasteiger partial charge in [0, 0.05) is 10.9 Å². The maximum atomic E-state index is 11.6. The molecule has 0 aromatic heterocycles. The van der Waals surface area contributed by atoms with Crippen molar-refractivity contribution in [2.75, 3.05) is 5.75 Å². The predicted octanol–water partition coefficient (Wildman–Crippen LogP) is 2.75. The molecule has 0 spiro atoms. The van der Waals surface area contributed by atoms with Crippen LogP contribution in [0.1, 0.15) is 38.9 Å². The molecule has 0 heterocycles. The molecule has 1 amide bonds. The Labute approximate surface area is 113 Å². The van der Waals surface area contributed by atoms with Crippen LogP contribution in [0.25, 0.3) is 0 Å². The van der Waals surface area contributed by atoms with Crippen molar-refractivity contribution >= 4 is 17.7 Å². The number of hydrogen-bond donors (Lipinski definition) is 2. The Kier molecular flexibility index (Phi) is 6.22. The first kappa shape index (κ1) is 15.1. The molecule has 2 N–H and O–H groups in total. The normalized spacial score (nSPS) is 12.5. The first-order chi connectivity index (χ1) is 8.54. The molecule has 1 rings (SSSR count). The van der Waals surface area contributed by atoms with Crippen LogP contribution >= 0.6 is 11.8 Å². The van der Waals surface area contributed by atoms with Gasteiger partial charge < -0.3 is 10.4 Å². The zero-order chi connectivity index (χ0) is 13.5. The molecule has 0 bridgehead atoms. The largest absolute Gasteiger partial charge is 0.388 e. The SMILES string of the molecule is CC[C@H](O)c1ccccc1SCC(=O)NC(C)C. The molecule has 0 aliphatic carbocycles. The van der Waals surface area contributed by atoms with Crippen LogP contribution in [-0.2, 0) is 4.79 Å². The summed E-state index contributed by atoms with van der Waals surface area (Å²) in [5, 5.41) is 12.8. The maximum absolute atomic E-state index is 11.6. The van der Waals surface area contributed by atoms with Crippen molar-refractivity contribution in [1.29, 1.82) is 0 Å². The van der Waals surface area contributed by atoms with Crippen molar-refractivity contribution < 1.29 is 9.90 Å². The summed E-state index contributed by atoms with van der Waals surface area (Å²) in [5.74, 6) is 0.404. The Morgan fingerprint density at radius 3 is 2.67 bits per heavy atom. The van der Waals surface area contributed by atoms with Crippen molar-refractivity contribution in [3.05, 3.63) is 29.8 Å². The summed E-state index contributed by atoms with van der Waals surface area (Å²) >= 11 is 1.47. The van der Waals surface area contributed by atoms with E-state index < -0.39 is 6.10 Å². The van der Waals surface area contributed by atoms with Crippen LogP contribution in [0.5, 0.6) is 0 Å². The molecule has 18 heavy (non-hydrogen) atoms. The fraction of sp³-hybridized carbons (Fsp3) is 0.500.